The maximum absolute atomic E-state index is 5.28. The standard InChI is InChI=1S/C19H26N2O/c1-8-11-21-22-16(6)17-9-10-18(14(4)12-17)19(13(2)3)15(5)20-7/h9-12H,6,8H2,1-5,7H3/b20-15?,21-11-. The molecular formula is C19H26N2O. The molecule has 0 saturated carbocycles. The Morgan fingerprint density at radius 2 is 1.95 bits per heavy atom. The fourth-order valence-electron chi connectivity index (χ4n) is 2.28. The minimum Gasteiger partial charge on any atom is -0.357 e. The minimum atomic E-state index is 0.555. The summed E-state index contributed by atoms with van der Waals surface area (Å²) in [4.78, 5) is 9.61. The molecule has 0 radical (unpaired) electrons. The number of hydrogen-bond acceptors (Lipinski definition) is 3. The number of rotatable bonds is 6. The summed E-state index contributed by atoms with van der Waals surface area (Å²) in [6, 6.07) is 6.18. The van der Waals surface area contributed by atoms with Gasteiger partial charge in [0.2, 0.25) is 0 Å². The molecule has 0 amide bonds. The van der Waals surface area contributed by atoms with Crippen LogP contribution in [-0.2, 0) is 4.84 Å². The number of aryl methyl sites for hydroxylation is 1. The lowest BCUT2D eigenvalue weighted by atomic mass is 9.92. The van der Waals surface area contributed by atoms with Crippen LogP contribution in [0.1, 0.15) is 50.8 Å². The zero-order valence-electron chi connectivity index (χ0n) is 14.5. The molecule has 0 heterocycles. The first-order chi connectivity index (χ1) is 10.4. The van der Waals surface area contributed by atoms with Crippen LogP contribution in [0.3, 0.4) is 0 Å². The normalized spacial score (nSPS) is 11.6. The topological polar surface area (TPSA) is 34.0 Å². The van der Waals surface area contributed by atoms with Gasteiger partial charge >= 0.3 is 0 Å². The van der Waals surface area contributed by atoms with Gasteiger partial charge in [0.15, 0.2) is 5.76 Å². The highest BCUT2D eigenvalue weighted by Crippen LogP contribution is 2.27. The van der Waals surface area contributed by atoms with E-state index in [1.54, 1.807) is 6.21 Å². The quantitative estimate of drug-likeness (QED) is 0.400. The molecule has 0 aliphatic heterocycles. The Morgan fingerprint density at radius 1 is 1.27 bits per heavy atom. The van der Waals surface area contributed by atoms with Gasteiger partial charge in [0.1, 0.15) is 0 Å². The van der Waals surface area contributed by atoms with Crippen molar-refractivity contribution in [1.29, 1.82) is 0 Å². The Balaban J connectivity index is 3.16. The van der Waals surface area contributed by atoms with Crippen LogP contribution in [0.5, 0.6) is 0 Å². The summed E-state index contributed by atoms with van der Waals surface area (Å²) in [6.07, 6.45) is 2.56. The molecule has 0 saturated heterocycles. The van der Waals surface area contributed by atoms with Crippen molar-refractivity contribution >= 4 is 23.3 Å². The second-order valence-electron chi connectivity index (χ2n) is 5.42. The van der Waals surface area contributed by atoms with Crippen LogP contribution in [0.2, 0.25) is 0 Å². The van der Waals surface area contributed by atoms with Crippen molar-refractivity contribution in [2.24, 2.45) is 10.1 Å². The van der Waals surface area contributed by atoms with E-state index < -0.39 is 0 Å². The van der Waals surface area contributed by atoms with E-state index in [-0.39, 0.29) is 0 Å². The number of allylic oxidation sites excluding steroid dienone is 2. The summed E-state index contributed by atoms with van der Waals surface area (Å²) in [5.41, 5.74) is 6.79. The van der Waals surface area contributed by atoms with Gasteiger partial charge in [-0.25, -0.2) is 0 Å². The van der Waals surface area contributed by atoms with Gasteiger partial charge in [0, 0.05) is 30.1 Å². The first-order valence-electron chi connectivity index (χ1n) is 7.52. The van der Waals surface area contributed by atoms with Crippen LogP contribution in [0, 0.1) is 6.92 Å². The summed E-state index contributed by atoms with van der Waals surface area (Å²) >= 11 is 0. The molecule has 0 aromatic heterocycles. The van der Waals surface area contributed by atoms with Gasteiger partial charge in [-0.2, -0.15) is 0 Å². The number of nitrogens with zero attached hydrogens (tertiary/aromatic N) is 2. The van der Waals surface area contributed by atoms with Crippen molar-refractivity contribution in [1.82, 2.24) is 0 Å². The highest BCUT2D eigenvalue weighted by molar-refractivity contribution is 6.23. The zero-order chi connectivity index (χ0) is 16.7. The van der Waals surface area contributed by atoms with Crippen LogP contribution in [-0.4, -0.2) is 19.0 Å². The highest BCUT2D eigenvalue weighted by atomic mass is 16.6. The lowest BCUT2D eigenvalue weighted by Crippen LogP contribution is -2.02. The highest BCUT2D eigenvalue weighted by Gasteiger charge is 2.11. The maximum Gasteiger partial charge on any atom is 0.158 e. The third-order valence-corrected chi connectivity index (χ3v) is 3.43. The third kappa shape index (κ3) is 4.42. The van der Waals surface area contributed by atoms with Crippen LogP contribution in [0.4, 0.5) is 0 Å². The van der Waals surface area contributed by atoms with Gasteiger partial charge in [0.05, 0.1) is 0 Å². The monoisotopic (exact) mass is 298 g/mol. The fraction of sp³-hybridized carbons (Fsp3) is 0.368. The number of hydrogen-bond donors (Lipinski definition) is 0. The molecule has 3 nitrogen and oxygen atoms in total. The van der Waals surface area contributed by atoms with Gasteiger partial charge in [0.25, 0.3) is 0 Å². The van der Waals surface area contributed by atoms with Gasteiger partial charge in [-0.3, -0.25) is 4.99 Å². The molecular weight excluding hydrogens is 272 g/mol. The lowest BCUT2D eigenvalue weighted by Gasteiger charge is -2.14. The predicted octanol–water partition coefficient (Wildman–Crippen LogP) is 5.26. The largest absolute Gasteiger partial charge is 0.357 e. The van der Waals surface area contributed by atoms with Crippen LogP contribution in [0.25, 0.3) is 11.3 Å². The SMILES string of the molecule is C=C(O/N=C\CC)c1ccc(C(C(C)=NC)=C(C)C)c(C)c1. The van der Waals surface area contributed by atoms with Gasteiger partial charge < -0.3 is 4.84 Å². The molecule has 0 unspecified atom stereocenters. The molecule has 0 N–H and O–H groups in total. The smallest absolute Gasteiger partial charge is 0.158 e. The van der Waals surface area contributed by atoms with E-state index in [4.69, 9.17) is 4.84 Å². The Labute approximate surface area is 134 Å². The second kappa shape index (κ2) is 8.32. The number of benzene rings is 1. The van der Waals surface area contributed by atoms with Crippen LogP contribution >= 0.6 is 0 Å². The van der Waals surface area contributed by atoms with Crippen molar-refractivity contribution in [2.45, 2.75) is 41.0 Å². The second-order valence-corrected chi connectivity index (χ2v) is 5.42. The van der Waals surface area contributed by atoms with Crippen molar-refractivity contribution < 1.29 is 4.84 Å². The molecule has 1 aromatic carbocycles. The van der Waals surface area contributed by atoms with Crippen LogP contribution in [0.15, 0.2) is 40.5 Å². The molecule has 0 spiro atoms. The van der Waals surface area contributed by atoms with E-state index in [1.165, 1.54) is 22.3 Å². The van der Waals surface area contributed by atoms with E-state index in [0.29, 0.717) is 5.76 Å². The molecule has 1 aromatic rings. The molecule has 118 valence electrons. The Morgan fingerprint density at radius 3 is 2.45 bits per heavy atom. The molecule has 22 heavy (non-hydrogen) atoms. The molecule has 0 aliphatic rings. The van der Waals surface area contributed by atoms with E-state index in [0.717, 1.165) is 17.7 Å². The number of aliphatic imine (C=N–C) groups is 1. The first-order valence-corrected chi connectivity index (χ1v) is 7.52. The Hall–Kier alpha value is -2.16. The minimum absolute atomic E-state index is 0.555. The molecule has 0 bridgehead atoms. The summed E-state index contributed by atoms with van der Waals surface area (Å²) < 4.78 is 0. The van der Waals surface area contributed by atoms with Crippen molar-refractivity contribution in [3.05, 3.63) is 47.0 Å². The van der Waals surface area contributed by atoms with E-state index in [1.807, 2.05) is 27.0 Å². The zero-order valence-corrected chi connectivity index (χ0v) is 14.5. The van der Waals surface area contributed by atoms with E-state index in [9.17, 15) is 0 Å². The molecule has 0 atom stereocenters. The van der Waals surface area contributed by atoms with Gasteiger partial charge in [-0.1, -0.05) is 36.4 Å². The van der Waals surface area contributed by atoms with E-state index >= 15 is 0 Å². The molecule has 3 heteroatoms. The summed E-state index contributed by atoms with van der Waals surface area (Å²) in [6.45, 7) is 14.3. The van der Waals surface area contributed by atoms with Crippen molar-refractivity contribution in [2.75, 3.05) is 7.05 Å². The summed E-state index contributed by atoms with van der Waals surface area (Å²) in [5.74, 6) is 0.555. The Bertz CT molecular complexity index is 633. The number of oxime groups is 1. The average molecular weight is 298 g/mol. The molecule has 0 aliphatic carbocycles. The van der Waals surface area contributed by atoms with Crippen molar-refractivity contribution in [3.8, 4) is 0 Å². The average Bonchev–Trinajstić information content (AvgIpc) is 2.48. The van der Waals surface area contributed by atoms with E-state index in [2.05, 4.69) is 49.6 Å². The molecule has 1 rings (SSSR count). The summed E-state index contributed by atoms with van der Waals surface area (Å²) in [5, 5.41) is 3.87. The van der Waals surface area contributed by atoms with Crippen LogP contribution < -0.4 is 0 Å². The molecule has 0 fully saturated rings. The first kappa shape index (κ1) is 17.9. The van der Waals surface area contributed by atoms with Gasteiger partial charge in [-0.05, 0) is 51.3 Å². The lowest BCUT2D eigenvalue weighted by molar-refractivity contribution is 0.300. The van der Waals surface area contributed by atoms with Crippen molar-refractivity contribution in [3.63, 3.8) is 0 Å². The fourth-order valence-corrected chi connectivity index (χ4v) is 2.28. The Kier molecular flexibility index (Phi) is 6.77. The van der Waals surface area contributed by atoms with Gasteiger partial charge in [-0.15, -0.1) is 0 Å². The third-order valence-electron chi connectivity index (χ3n) is 3.43. The summed E-state index contributed by atoms with van der Waals surface area (Å²) in [7, 11) is 1.82. The maximum atomic E-state index is 5.28. The predicted molar refractivity (Wildman–Crippen MR) is 97.4 cm³/mol.